The number of benzene rings is 2. The number of hydrogen-bond donors (Lipinski definition) is 2. The molecule has 0 radical (unpaired) electrons. The van der Waals surface area contributed by atoms with Gasteiger partial charge in [0.2, 0.25) is 5.95 Å². The molecule has 0 amide bonds. The molecule has 0 saturated carbocycles. The molecular formula is C24H26FN7O. The SMILES string of the molecule is CC(C)[C@H]1CN(c2ncc(-c3ccc(-c4cc(F)c5nn(C)cc5c4)cc3O)nn2)CCN1. The summed E-state index contributed by atoms with van der Waals surface area (Å²) in [5, 5.41) is 27.7. The molecule has 170 valence electrons. The van der Waals surface area contributed by atoms with Gasteiger partial charge in [-0.3, -0.25) is 4.68 Å². The minimum atomic E-state index is -0.398. The molecule has 1 aliphatic heterocycles. The van der Waals surface area contributed by atoms with Gasteiger partial charge in [0.25, 0.3) is 0 Å². The normalized spacial score (nSPS) is 16.6. The number of nitrogens with zero attached hydrogens (tertiary/aromatic N) is 6. The predicted octanol–water partition coefficient (Wildman–Crippen LogP) is 3.37. The minimum absolute atomic E-state index is 0.0325. The third-order valence-electron chi connectivity index (χ3n) is 6.13. The van der Waals surface area contributed by atoms with Crippen molar-refractivity contribution < 1.29 is 9.50 Å². The van der Waals surface area contributed by atoms with E-state index in [-0.39, 0.29) is 5.75 Å². The van der Waals surface area contributed by atoms with E-state index in [0.717, 1.165) is 19.6 Å². The van der Waals surface area contributed by atoms with Gasteiger partial charge < -0.3 is 15.3 Å². The largest absolute Gasteiger partial charge is 0.507 e. The summed E-state index contributed by atoms with van der Waals surface area (Å²) in [7, 11) is 1.75. The van der Waals surface area contributed by atoms with E-state index in [1.807, 2.05) is 12.1 Å². The molecule has 33 heavy (non-hydrogen) atoms. The van der Waals surface area contributed by atoms with Gasteiger partial charge in [0.1, 0.15) is 17.0 Å². The summed E-state index contributed by atoms with van der Waals surface area (Å²) in [4.78, 5) is 6.63. The molecule has 2 aromatic heterocycles. The van der Waals surface area contributed by atoms with Gasteiger partial charge in [0, 0.05) is 49.9 Å². The monoisotopic (exact) mass is 447 g/mol. The Bertz CT molecular complexity index is 1300. The summed E-state index contributed by atoms with van der Waals surface area (Å²) in [5.74, 6) is 0.736. The molecule has 8 nitrogen and oxygen atoms in total. The maximum Gasteiger partial charge on any atom is 0.245 e. The van der Waals surface area contributed by atoms with Crippen LogP contribution in [0.4, 0.5) is 10.3 Å². The van der Waals surface area contributed by atoms with Crippen LogP contribution in [0.15, 0.2) is 42.7 Å². The van der Waals surface area contributed by atoms with Gasteiger partial charge in [-0.15, -0.1) is 10.2 Å². The lowest BCUT2D eigenvalue weighted by molar-refractivity contribution is 0.365. The molecule has 0 spiro atoms. The van der Waals surface area contributed by atoms with E-state index in [0.29, 0.717) is 51.2 Å². The number of phenolic OH excluding ortho intramolecular Hbond substituents is 1. The topological polar surface area (TPSA) is 92.0 Å². The zero-order valence-electron chi connectivity index (χ0n) is 18.8. The van der Waals surface area contributed by atoms with Crippen LogP contribution in [0.25, 0.3) is 33.3 Å². The van der Waals surface area contributed by atoms with E-state index in [2.05, 4.69) is 44.3 Å². The average Bonchev–Trinajstić information content (AvgIpc) is 3.20. The number of piperazine rings is 1. The number of aryl methyl sites for hydroxylation is 1. The summed E-state index contributed by atoms with van der Waals surface area (Å²) >= 11 is 0. The van der Waals surface area contributed by atoms with E-state index < -0.39 is 5.82 Å². The van der Waals surface area contributed by atoms with Crippen molar-refractivity contribution in [3.63, 3.8) is 0 Å². The molecule has 3 heterocycles. The summed E-state index contributed by atoms with van der Waals surface area (Å²) in [6.45, 7) is 6.91. The van der Waals surface area contributed by atoms with Gasteiger partial charge in [-0.1, -0.05) is 19.9 Å². The average molecular weight is 448 g/mol. The molecule has 5 rings (SSSR count). The highest BCUT2D eigenvalue weighted by atomic mass is 19.1. The third-order valence-corrected chi connectivity index (χ3v) is 6.13. The number of phenols is 1. The van der Waals surface area contributed by atoms with E-state index in [9.17, 15) is 9.50 Å². The second kappa shape index (κ2) is 8.40. The van der Waals surface area contributed by atoms with Crippen LogP contribution in [-0.4, -0.2) is 55.7 Å². The lowest BCUT2D eigenvalue weighted by Gasteiger charge is -2.35. The second-order valence-electron chi connectivity index (χ2n) is 8.82. The first-order chi connectivity index (χ1) is 15.9. The van der Waals surface area contributed by atoms with E-state index in [1.54, 1.807) is 36.3 Å². The summed E-state index contributed by atoms with van der Waals surface area (Å²) in [5.41, 5.74) is 2.68. The van der Waals surface area contributed by atoms with E-state index in [4.69, 9.17) is 0 Å². The Kier molecular flexibility index (Phi) is 5.41. The van der Waals surface area contributed by atoms with E-state index in [1.165, 1.54) is 6.07 Å². The standard InChI is InChI=1S/C24H26FN7O/c1-14(2)21-13-32(7-6-26-21)24-27-11-20(28-29-24)18-5-4-15(10-22(18)33)16-8-17-12-31(3)30-23(17)19(25)9-16/h4-5,8-12,14,21,26,33H,6-7,13H2,1-3H3/t21-/m1/s1. The van der Waals surface area contributed by atoms with Crippen LogP contribution >= 0.6 is 0 Å². The van der Waals surface area contributed by atoms with Crippen molar-refractivity contribution in [1.29, 1.82) is 0 Å². The number of aromatic hydroxyl groups is 1. The molecule has 0 bridgehead atoms. The Balaban J connectivity index is 1.40. The predicted molar refractivity (Wildman–Crippen MR) is 125 cm³/mol. The highest BCUT2D eigenvalue weighted by molar-refractivity contribution is 5.85. The summed E-state index contributed by atoms with van der Waals surface area (Å²) in [6.07, 6.45) is 3.39. The maximum absolute atomic E-state index is 14.5. The van der Waals surface area contributed by atoms with Gasteiger partial charge in [0.05, 0.1) is 6.20 Å². The fraction of sp³-hybridized carbons (Fsp3) is 0.333. The van der Waals surface area contributed by atoms with Crippen molar-refractivity contribution in [3.8, 4) is 28.1 Å². The zero-order valence-corrected chi connectivity index (χ0v) is 18.8. The minimum Gasteiger partial charge on any atom is -0.507 e. The fourth-order valence-electron chi connectivity index (χ4n) is 4.25. The molecule has 4 aromatic rings. The number of halogens is 1. The van der Waals surface area contributed by atoms with Crippen molar-refractivity contribution >= 4 is 16.9 Å². The van der Waals surface area contributed by atoms with Crippen molar-refractivity contribution in [2.45, 2.75) is 19.9 Å². The van der Waals surface area contributed by atoms with Crippen molar-refractivity contribution in [1.82, 2.24) is 30.3 Å². The first-order valence-electron chi connectivity index (χ1n) is 11.0. The number of fused-ring (bicyclic) bond motifs is 1. The van der Waals surface area contributed by atoms with Crippen molar-refractivity contribution in [3.05, 3.63) is 48.5 Å². The lowest BCUT2D eigenvalue weighted by atomic mass is 10.0. The maximum atomic E-state index is 14.5. The number of aromatic nitrogens is 5. The summed E-state index contributed by atoms with van der Waals surface area (Å²) in [6, 6.07) is 8.85. The molecule has 0 aliphatic carbocycles. The Labute approximate surface area is 191 Å². The highest BCUT2D eigenvalue weighted by Crippen LogP contribution is 2.34. The molecule has 1 saturated heterocycles. The van der Waals surface area contributed by atoms with Crippen LogP contribution in [0.5, 0.6) is 5.75 Å². The Hall–Kier alpha value is -3.59. The van der Waals surface area contributed by atoms with Crippen LogP contribution in [0, 0.1) is 11.7 Å². The van der Waals surface area contributed by atoms with Crippen molar-refractivity contribution in [2.75, 3.05) is 24.5 Å². The van der Waals surface area contributed by atoms with E-state index >= 15 is 0 Å². The van der Waals surface area contributed by atoms with Gasteiger partial charge >= 0.3 is 0 Å². The van der Waals surface area contributed by atoms with Gasteiger partial charge in [-0.05, 0) is 41.3 Å². The first-order valence-corrected chi connectivity index (χ1v) is 11.0. The quantitative estimate of drug-likeness (QED) is 0.496. The third kappa shape index (κ3) is 4.11. The molecule has 2 aromatic carbocycles. The van der Waals surface area contributed by atoms with Crippen LogP contribution in [0.1, 0.15) is 13.8 Å². The van der Waals surface area contributed by atoms with Gasteiger partial charge in [-0.25, -0.2) is 9.37 Å². The van der Waals surface area contributed by atoms with Gasteiger partial charge in [0.15, 0.2) is 5.82 Å². The molecule has 1 atom stereocenters. The van der Waals surface area contributed by atoms with Gasteiger partial charge in [-0.2, -0.15) is 5.10 Å². The van der Waals surface area contributed by atoms with Crippen LogP contribution < -0.4 is 10.2 Å². The molecule has 1 aliphatic rings. The lowest BCUT2D eigenvalue weighted by Crippen LogP contribution is -2.53. The molecule has 2 N–H and O–H groups in total. The number of nitrogens with one attached hydrogen (secondary N) is 1. The number of hydrogen-bond acceptors (Lipinski definition) is 7. The summed E-state index contributed by atoms with van der Waals surface area (Å²) < 4.78 is 16.1. The smallest absolute Gasteiger partial charge is 0.245 e. The van der Waals surface area contributed by atoms with Crippen LogP contribution in [-0.2, 0) is 7.05 Å². The van der Waals surface area contributed by atoms with Crippen molar-refractivity contribution in [2.24, 2.45) is 13.0 Å². The Morgan fingerprint density at radius 1 is 1.15 bits per heavy atom. The molecular weight excluding hydrogens is 421 g/mol. The molecule has 0 unspecified atom stereocenters. The van der Waals surface area contributed by atoms with Crippen LogP contribution in [0.3, 0.4) is 0 Å². The fourth-order valence-corrected chi connectivity index (χ4v) is 4.25. The first kappa shape index (κ1) is 21.3. The molecule has 1 fully saturated rings. The highest BCUT2D eigenvalue weighted by Gasteiger charge is 2.24. The second-order valence-corrected chi connectivity index (χ2v) is 8.82. The van der Waals surface area contributed by atoms with Crippen LogP contribution in [0.2, 0.25) is 0 Å². The number of rotatable bonds is 4. The Morgan fingerprint density at radius 3 is 2.73 bits per heavy atom. The molecule has 9 heteroatoms. The number of anilines is 1. The Morgan fingerprint density at radius 2 is 2.00 bits per heavy atom. The zero-order chi connectivity index (χ0) is 23.1.